The third-order valence-electron chi connectivity index (χ3n) is 1.61. The van der Waals surface area contributed by atoms with Crippen LogP contribution in [0.3, 0.4) is 0 Å². The molecule has 1 aromatic rings. The summed E-state index contributed by atoms with van der Waals surface area (Å²) in [5, 5.41) is 0. The molecule has 0 aliphatic carbocycles. The minimum atomic E-state index is -2.66. The molecule has 1 rings (SSSR count). The SMILES string of the molecule is NCc1c(C(F)F)c(I)c[nH]c1=O. The van der Waals surface area contributed by atoms with Crippen molar-refractivity contribution in [1.29, 1.82) is 0 Å². The van der Waals surface area contributed by atoms with Gasteiger partial charge in [0.2, 0.25) is 0 Å². The Bertz CT molecular complexity index is 364. The van der Waals surface area contributed by atoms with Gasteiger partial charge in [0.15, 0.2) is 0 Å². The first-order valence-electron chi connectivity index (χ1n) is 3.46. The third-order valence-corrected chi connectivity index (χ3v) is 2.50. The molecule has 0 amide bonds. The van der Waals surface area contributed by atoms with E-state index in [0.717, 1.165) is 0 Å². The number of hydrogen-bond acceptors (Lipinski definition) is 2. The van der Waals surface area contributed by atoms with E-state index in [9.17, 15) is 13.6 Å². The van der Waals surface area contributed by atoms with Crippen LogP contribution in [0.2, 0.25) is 0 Å². The second-order valence-electron chi connectivity index (χ2n) is 2.36. The highest BCUT2D eigenvalue weighted by molar-refractivity contribution is 14.1. The molecule has 0 aliphatic rings. The lowest BCUT2D eigenvalue weighted by Gasteiger charge is -2.07. The zero-order valence-electron chi connectivity index (χ0n) is 6.48. The lowest BCUT2D eigenvalue weighted by atomic mass is 10.1. The van der Waals surface area contributed by atoms with Crippen LogP contribution < -0.4 is 11.3 Å². The molecule has 0 aromatic carbocycles. The Hall–Kier alpha value is -0.500. The van der Waals surface area contributed by atoms with Gasteiger partial charge in [0, 0.05) is 27.4 Å². The Morgan fingerprint density at radius 3 is 2.62 bits per heavy atom. The fraction of sp³-hybridized carbons (Fsp3) is 0.286. The van der Waals surface area contributed by atoms with Gasteiger partial charge in [-0.2, -0.15) is 0 Å². The lowest BCUT2D eigenvalue weighted by molar-refractivity contribution is 0.149. The largest absolute Gasteiger partial charge is 0.328 e. The van der Waals surface area contributed by atoms with Crippen molar-refractivity contribution >= 4 is 22.6 Å². The maximum Gasteiger partial charge on any atom is 0.265 e. The number of halogens is 3. The first-order valence-corrected chi connectivity index (χ1v) is 4.54. The van der Waals surface area contributed by atoms with Crippen LogP contribution in [-0.4, -0.2) is 4.98 Å². The number of aromatic amines is 1. The van der Waals surface area contributed by atoms with Gasteiger partial charge in [-0.3, -0.25) is 4.79 Å². The van der Waals surface area contributed by atoms with Crippen molar-refractivity contribution in [2.75, 3.05) is 0 Å². The van der Waals surface area contributed by atoms with Crippen LogP contribution in [0.25, 0.3) is 0 Å². The Morgan fingerprint density at radius 2 is 2.23 bits per heavy atom. The number of alkyl halides is 2. The molecule has 0 aliphatic heterocycles. The summed E-state index contributed by atoms with van der Waals surface area (Å²) in [6, 6.07) is 0. The standard InChI is InChI=1S/C7H7F2IN2O/c8-6(9)5-3(1-11)7(13)12-2-4(5)10/h2,6H,1,11H2,(H,12,13). The fourth-order valence-corrected chi connectivity index (χ4v) is 1.72. The number of H-pyrrole nitrogens is 1. The quantitative estimate of drug-likeness (QED) is 0.811. The zero-order valence-corrected chi connectivity index (χ0v) is 8.64. The molecular formula is C7H7F2IN2O. The molecule has 0 saturated heterocycles. The van der Waals surface area contributed by atoms with Crippen molar-refractivity contribution < 1.29 is 8.78 Å². The van der Waals surface area contributed by atoms with E-state index in [4.69, 9.17) is 5.73 Å². The first kappa shape index (κ1) is 10.6. The van der Waals surface area contributed by atoms with E-state index in [2.05, 4.69) is 4.98 Å². The Labute approximate surface area is 86.5 Å². The third kappa shape index (κ3) is 2.05. The monoisotopic (exact) mass is 300 g/mol. The van der Waals surface area contributed by atoms with Gasteiger partial charge in [0.1, 0.15) is 0 Å². The van der Waals surface area contributed by atoms with Crippen molar-refractivity contribution in [1.82, 2.24) is 4.98 Å². The molecule has 0 fully saturated rings. The normalized spacial score (nSPS) is 10.8. The van der Waals surface area contributed by atoms with Crippen molar-refractivity contribution in [3.05, 3.63) is 31.2 Å². The van der Waals surface area contributed by atoms with Crippen LogP contribution in [0, 0.1) is 3.57 Å². The highest BCUT2D eigenvalue weighted by atomic mass is 127. The van der Waals surface area contributed by atoms with Crippen molar-refractivity contribution in [3.63, 3.8) is 0 Å². The van der Waals surface area contributed by atoms with Gasteiger partial charge >= 0.3 is 0 Å². The summed E-state index contributed by atoms with van der Waals surface area (Å²) in [7, 11) is 0. The molecule has 0 spiro atoms. The number of nitrogens with one attached hydrogen (secondary N) is 1. The number of hydrogen-bond donors (Lipinski definition) is 2. The molecule has 1 heterocycles. The van der Waals surface area contributed by atoms with Gasteiger partial charge in [-0.05, 0) is 22.6 Å². The number of nitrogens with two attached hydrogens (primary N) is 1. The predicted octanol–water partition coefficient (Wildman–Crippen LogP) is 1.38. The molecule has 72 valence electrons. The van der Waals surface area contributed by atoms with Gasteiger partial charge in [-0.25, -0.2) is 8.78 Å². The van der Waals surface area contributed by atoms with Gasteiger partial charge in [0.05, 0.1) is 0 Å². The van der Waals surface area contributed by atoms with Crippen LogP contribution in [0.5, 0.6) is 0 Å². The molecule has 0 bridgehead atoms. The minimum Gasteiger partial charge on any atom is -0.328 e. The molecule has 6 heteroatoms. The summed E-state index contributed by atoms with van der Waals surface area (Å²) >= 11 is 1.74. The van der Waals surface area contributed by atoms with E-state index in [1.165, 1.54) is 6.20 Å². The van der Waals surface area contributed by atoms with E-state index >= 15 is 0 Å². The predicted molar refractivity (Wildman–Crippen MR) is 52.6 cm³/mol. The smallest absolute Gasteiger partial charge is 0.265 e. The molecule has 0 atom stereocenters. The van der Waals surface area contributed by atoms with E-state index in [-0.39, 0.29) is 17.7 Å². The lowest BCUT2D eigenvalue weighted by Crippen LogP contribution is -2.20. The van der Waals surface area contributed by atoms with Crippen molar-refractivity contribution in [3.8, 4) is 0 Å². The Morgan fingerprint density at radius 1 is 1.62 bits per heavy atom. The summed E-state index contributed by atoms with van der Waals surface area (Å²) in [6.45, 7) is -0.175. The maximum atomic E-state index is 12.4. The molecule has 3 N–H and O–H groups in total. The topological polar surface area (TPSA) is 58.9 Å². The highest BCUT2D eigenvalue weighted by Gasteiger charge is 2.18. The summed E-state index contributed by atoms with van der Waals surface area (Å²) in [6.07, 6.45) is -1.41. The summed E-state index contributed by atoms with van der Waals surface area (Å²) < 4.78 is 25.2. The van der Waals surface area contributed by atoms with Crippen LogP contribution in [0.4, 0.5) is 8.78 Å². The number of pyridine rings is 1. The summed E-state index contributed by atoms with van der Waals surface area (Å²) in [5.74, 6) is 0. The van der Waals surface area contributed by atoms with E-state index < -0.39 is 12.0 Å². The molecular weight excluding hydrogens is 293 g/mol. The van der Waals surface area contributed by atoms with E-state index in [0.29, 0.717) is 3.57 Å². The highest BCUT2D eigenvalue weighted by Crippen LogP contribution is 2.25. The molecule has 0 radical (unpaired) electrons. The van der Waals surface area contributed by atoms with Gasteiger partial charge in [0.25, 0.3) is 12.0 Å². The van der Waals surface area contributed by atoms with Gasteiger partial charge in [-0.15, -0.1) is 0 Å². The average Bonchev–Trinajstić information content (AvgIpc) is 2.07. The molecule has 0 unspecified atom stereocenters. The summed E-state index contributed by atoms with van der Waals surface area (Å²) in [5.41, 5.74) is 4.36. The van der Waals surface area contributed by atoms with Crippen LogP contribution in [-0.2, 0) is 6.54 Å². The zero-order chi connectivity index (χ0) is 10.0. The fourth-order valence-electron chi connectivity index (χ4n) is 0.999. The number of aromatic nitrogens is 1. The van der Waals surface area contributed by atoms with Crippen LogP contribution in [0.1, 0.15) is 17.6 Å². The number of rotatable bonds is 2. The Kier molecular flexibility index (Phi) is 3.37. The first-order chi connectivity index (χ1) is 6.07. The van der Waals surface area contributed by atoms with Crippen LogP contribution >= 0.6 is 22.6 Å². The summed E-state index contributed by atoms with van der Waals surface area (Å²) in [4.78, 5) is 13.4. The van der Waals surface area contributed by atoms with Gasteiger partial charge in [-0.1, -0.05) is 0 Å². The van der Waals surface area contributed by atoms with E-state index in [1.54, 1.807) is 22.6 Å². The maximum absolute atomic E-state index is 12.4. The van der Waals surface area contributed by atoms with Gasteiger partial charge < -0.3 is 10.7 Å². The van der Waals surface area contributed by atoms with Crippen molar-refractivity contribution in [2.45, 2.75) is 13.0 Å². The van der Waals surface area contributed by atoms with Crippen molar-refractivity contribution in [2.24, 2.45) is 5.73 Å². The van der Waals surface area contributed by atoms with E-state index in [1.807, 2.05) is 0 Å². The molecule has 1 aromatic heterocycles. The van der Waals surface area contributed by atoms with Crippen LogP contribution in [0.15, 0.2) is 11.0 Å². The molecule has 13 heavy (non-hydrogen) atoms. The molecule has 0 saturated carbocycles. The minimum absolute atomic E-state index is 0.0399. The second-order valence-corrected chi connectivity index (χ2v) is 3.52. The Balaban J connectivity index is 3.44. The second kappa shape index (κ2) is 4.14. The molecule has 3 nitrogen and oxygen atoms in total. The average molecular weight is 300 g/mol.